The lowest BCUT2D eigenvalue weighted by atomic mass is 9.71. The maximum Gasteiger partial charge on any atom is 0.225 e. The number of aromatic nitrogens is 2. The number of nitrogens with zero attached hydrogens (tertiary/aromatic N) is 4. The Bertz CT molecular complexity index is 848. The average Bonchev–Trinajstić information content (AvgIpc) is 2.77. The van der Waals surface area contributed by atoms with E-state index in [1.807, 2.05) is 0 Å². The van der Waals surface area contributed by atoms with Crippen LogP contribution in [0.15, 0.2) is 24.5 Å². The van der Waals surface area contributed by atoms with Gasteiger partial charge in [-0.15, -0.1) is 0 Å². The van der Waals surface area contributed by atoms with Crippen LogP contribution in [0.1, 0.15) is 32.6 Å². The summed E-state index contributed by atoms with van der Waals surface area (Å²) >= 11 is 5.89. The second-order valence-corrected chi connectivity index (χ2v) is 11.6. The fourth-order valence-electron chi connectivity index (χ4n) is 4.93. The molecule has 7 nitrogen and oxygen atoms in total. The molecule has 2 aliphatic heterocycles. The standard InChI is InChI=1S/C22H33ClN4O3S/c1-2-31(28,29)27-11-5-17(6-12-27)15-30-16-19-3-4-21(19)18-7-9-26(10-8-18)22-24-13-20(23)14-25-22/h3-4,13-14,17-19,21H,2,5-12,15-16H2,1H3/t19-,21+/m0/s1. The molecule has 172 valence electrons. The molecule has 0 aromatic carbocycles. The number of rotatable bonds is 8. The van der Waals surface area contributed by atoms with Crippen LogP contribution >= 0.6 is 11.6 Å². The predicted octanol–water partition coefficient (Wildman–Crippen LogP) is 3.23. The van der Waals surface area contributed by atoms with Crippen LogP contribution in [0, 0.1) is 23.7 Å². The molecule has 1 aromatic heterocycles. The molecule has 1 aromatic rings. The normalized spacial score (nSPS) is 26.2. The van der Waals surface area contributed by atoms with E-state index < -0.39 is 10.0 Å². The van der Waals surface area contributed by atoms with Crippen molar-refractivity contribution in [2.24, 2.45) is 23.7 Å². The molecule has 0 spiro atoms. The van der Waals surface area contributed by atoms with Crippen LogP contribution < -0.4 is 4.90 Å². The van der Waals surface area contributed by atoms with E-state index in [1.54, 1.807) is 23.6 Å². The Morgan fingerprint density at radius 3 is 2.29 bits per heavy atom. The molecule has 2 saturated heterocycles. The zero-order valence-electron chi connectivity index (χ0n) is 18.2. The third kappa shape index (κ3) is 5.59. The molecule has 4 rings (SSSR count). The van der Waals surface area contributed by atoms with Gasteiger partial charge in [-0.1, -0.05) is 23.8 Å². The summed E-state index contributed by atoms with van der Waals surface area (Å²) < 4.78 is 31.7. The highest BCUT2D eigenvalue weighted by molar-refractivity contribution is 7.89. The summed E-state index contributed by atoms with van der Waals surface area (Å²) in [6.07, 6.45) is 12.0. The molecule has 2 fully saturated rings. The largest absolute Gasteiger partial charge is 0.381 e. The molecule has 9 heteroatoms. The van der Waals surface area contributed by atoms with Gasteiger partial charge in [0.1, 0.15) is 0 Å². The first kappa shape index (κ1) is 23.0. The van der Waals surface area contributed by atoms with Gasteiger partial charge in [0.25, 0.3) is 0 Å². The van der Waals surface area contributed by atoms with E-state index in [9.17, 15) is 8.42 Å². The number of halogens is 1. The summed E-state index contributed by atoms with van der Waals surface area (Å²) in [4.78, 5) is 10.9. The minimum atomic E-state index is -3.05. The Morgan fingerprint density at radius 2 is 1.71 bits per heavy atom. The lowest BCUT2D eigenvalue weighted by Crippen LogP contribution is -2.41. The van der Waals surface area contributed by atoms with E-state index in [4.69, 9.17) is 16.3 Å². The van der Waals surface area contributed by atoms with Gasteiger partial charge in [-0.25, -0.2) is 22.7 Å². The zero-order chi connectivity index (χ0) is 21.8. The molecule has 0 bridgehead atoms. The van der Waals surface area contributed by atoms with Crippen molar-refractivity contribution in [2.45, 2.75) is 32.6 Å². The van der Waals surface area contributed by atoms with Gasteiger partial charge in [0, 0.05) is 38.7 Å². The molecule has 0 radical (unpaired) electrons. The predicted molar refractivity (Wildman–Crippen MR) is 123 cm³/mol. The lowest BCUT2D eigenvalue weighted by molar-refractivity contribution is 0.0434. The molecule has 0 amide bonds. The van der Waals surface area contributed by atoms with Gasteiger partial charge in [-0.3, -0.25) is 0 Å². The van der Waals surface area contributed by atoms with E-state index >= 15 is 0 Å². The number of allylic oxidation sites excluding steroid dienone is 1. The van der Waals surface area contributed by atoms with Crippen LogP contribution in [-0.4, -0.2) is 67.8 Å². The summed E-state index contributed by atoms with van der Waals surface area (Å²) in [5.41, 5.74) is 0. The minimum Gasteiger partial charge on any atom is -0.381 e. The molecule has 3 aliphatic rings. The maximum atomic E-state index is 12.0. The van der Waals surface area contributed by atoms with Crippen molar-refractivity contribution in [1.82, 2.24) is 14.3 Å². The van der Waals surface area contributed by atoms with Crippen molar-refractivity contribution >= 4 is 27.6 Å². The summed E-state index contributed by atoms with van der Waals surface area (Å²) in [6.45, 7) is 6.44. The van der Waals surface area contributed by atoms with Crippen LogP contribution in [0.2, 0.25) is 5.02 Å². The van der Waals surface area contributed by atoms with E-state index in [0.29, 0.717) is 41.8 Å². The molecular weight excluding hydrogens is 436 g/mol. The van der Waals surface area contributed by atoms with E-state index in [2.05, 4.69) is 27.0 Å². The number of ether oxygens (including phenoxy) is 1. The first-order chi connectivity index (χ1) is 15.0. The van der Waals surface area contributed by atoms with Crippen molar-refractivity contribution in [2.75, 3.05) is 50.0 Å². The van der Waals surface area contributed by atoms with E-state index in [-0.39, 0.29) is 5.75 Å². The highest BCUT2D eigenvalue weighted by Crippen LogP contribution is 2.38. The van der Waals surface area contributed by atoms with Gasteiger partial charge in [0.2, 0.25) is 16.0 Å². The fraction of sp³-hybridized carbons (Fsp3) is 0.727. The number of hydrogen-bond acceptors (Lipinski definition) is 6. The van der Waals surface area contributed by atoms with Crippen molar-refractivity contribution in [3.8, 4) is 0 Å². The Morgan fingerprint density at radius 1 is 1.03 bits per heavy atom. The van der Waals surface area contributed by atoms with Gasteiger partial charge in [-0.05, 0) is 50.4 Å². The van der Waals surface area contributed by atoms with Crippen molar-refractivity contribution < 1.29 is 13.2 Å². The van der Waals surface area contributed by atoms with Crippen molar-refractivity contribution in [3.63, 3.8) is 0 Å². The van der Waals surface area contributed by atoms with Crippen LogP contribution in [0.4, 0.5) is 5.95 Å². The van der Waals surface area contributed by atoms with Crippen LogP contribution in [0.5, 0.6) is 0 Å². The number of piperidine rings is 2. The summed E-state index contributed by atoms with van der Waals surface area (Å²) in [5, 5.41) is 0.567. The van der Waals surface area contributed by atoms with Crippen LogP contribution in [-0.2, 0) is 14.8 Å². The number of sulfonamides is 1. The van der Waals surface area contributed by atoms with Crippen LogP contribution in [0.3, 0.4) is 0 Å². The molecule has 31 heavy (non-hydrogen) atoms. The first-order valence-corrected chi connectivity index (χ1v) is 13.4. The third-order valence-electron chi connectivity index (χ3n) is 7.04. The van der Waals surface area contributed by atoms with E-state index in [0.717, 1.165) is 57.9 Å². The SMILES string of the molecule is CCS(=O)(=O)N1CCC(COC[C@@H]2C=C[C@@H]2C2CCN(c3ncc(Cl)cn3)CC2)CC1. The average molecular weight is 469 g/mol. The minimum absolute atomic E-state index is 0.190. The number of anilines is 1. The topological polar surface area (TPSA) is 75.6 Å². The second kappa shape index (κ2) is 10.1. The Kier molecular flexibility index (Phi) is 7.52. The van der Waals surface area contributed by atoms with E-state index in [1.165, 1.54) is 0 Å². The molecule has 0 unspecified atom stereocenters. The zero-order valence-corrected chi connectivity index (χ0v) is 19.8. The monoisotopic (exact) mass is 468 g/mol. The van der Waals surface area contributed by atoms with Gasteiger partial charge >= 0.3 is 0 Å². The highest BCUT2D eigenvalue weighted by atomic mass is 35.5. The maximum absolute atomic E-state index is 12.0. The van der Waals surface area contributed by atoms with Gasteiger partial charge in [0.05, 0.1) is 29.8 Å². The molecule has 1 aliphatic carbocycles. The Hall–Kier alpha value is -1.22. The second-order valence-electron chi connectivity index (χ2n) is 8.93. The van der Waals surface area contributed by atoms with Crippen LogP contribution in [0.25, 0.3) is 0 Å². The summed E-state index contributed by atoms with van der Waals surface area (Å²) in [7, 11) is -3.05. The van der Waals surface area contributed by atoms with Crippen molar-refractivity contribution in [3.05, 3.63) is 29.6 Å². The highest BCUT2D eigenvalue weighted by Gasteiger charge is 2.34. The van der Waals surface area contributed by atoms with Gasteiger partial charge in [0.15, 0.2) is 0 Å². The molecular formula is C22H33ClN4O3S. The Labute approximate surface area is 190 Å². The number of hydrogen-bond donors (Lipinski definition) is 0. The lowest BCUT2D eigenvalue weighted by Gasteiger charge is -2.41. The van der Waals surface area contributed by atoms with Gasteiger partial charge < -0.3 is 9.64 Å². The molecule has 0 saturated carbocycles. The molecule has 0 N–H and O–H groups in total. The molecule has 3 heterocycles. The summed E-state index contributed by atoms with van der Waals surface area (Å²) in [6, 6.07) is 0. The first-order valence-electron chi connectivity index (χ1n) is 11.4. The quantitative estimate of drug-likeness (QED) is 0.545. The van der Waals surface area contributed by atoms with Gasteiger partial charge in [-0.2, -0.15) is 0 Å². The third-order valence-corrected chi connectivity index (χ3v) is 9.12. The fourth-order valence-corrected chi connectivity index (χ4v) is 6.16. The smallest absolute Gasteiger partial charge is 0.225 e. The summed E-state index contributed by atoms with van der Waals surface area (Å²) in [5.74, 6) is 3.21. The Balaban J connectivity index is 1.15. The molecule has 2 atom stereocenters. The van der Waals surface area contributed by atoms with Crippen molar-refractivity contribution in [1.29, 1.82) is 0 Å².